The number of carbonyl (C=O) groups excluding carboxylic acids is 1. The highest BCUT2D eigenvalue weighted by Crippen LogP contribution is 2.54. The second-order valence-electron chi connectivity index (χ2n) is 10.8. The Labute approximate surface area is 209 Å². The fourth-order valence-electron chi connectivity index (χ4n) is 7.46. The molecule has 0 bridgehead atoms. The van der Waals surface area contributed by atoms with Crippen LogP contribution in [0, 0.1) is 0 Å². The first kappa shape index (κ1) is 19.0. The Morgan fingerprint density at radius 1 is 0.472 bits per heavy atom. The van der Waals surface area contributed by atoms with Gasteiger partial charge in [0, 0.05) is 0 Å². The third-order valence-electron chi connectivity index (χ3n) is 8.99. The van der Waals surface area contributed by atoms with Gasteiger partial charge in [-0.2, -0.15) is 0 Å². The molecule has 0 saturated heterocycles. The molecular weight excluding hydrogens is 436 g/mol. The summed E-state index contributed by atoms with van der Waals surface area (Å²) in [6.45, 7) is 0. The molecule has 0 aliphatic heterocycles. The highest BCUT2D eigenvalue weighted by molar-refractivity contribution is 6.11. The van der Waals surface area contributed by atoms with Crippen LogP contribution in [-0.4, -0.2) is 5.78 Å². The van der Waals surface area contributed by atoms with Crippen LogP contribution in [-0.2, 0) is 17.6 Å². The van der Waals surface area contributed by atoms with Gasteiger partial charge in [-0.05, 0) is 102 Å². The van der Waals surface area contributed by atoms with Crippen molar-refractivity contribution in [3.05, 3.63) is 142 Å². The lowest BCUT2D eigenvalue weighted by Crippen LogP contribution is -2.33. The standard InChI is InChI=1S/C35H22O/c36-35-33-28-17-22-7-3-1-5-20(22)13-26(28)15-24-11-9-19-10-12-25-16-27-14-21-6-2-4-8-23(21)18-29(27)34(35)32(25)30(19)31(24)33/h1-14,17-18,33-34H,15-16H2. The van der Waals surface area contributed by atoms with Crippen LogP contribution in [0.15, 0.2) is 97.1 Å². The molecule has 0 fully saturated rings. The van der Waals surface area contributed by atoms with Gasteiger partial charge >= 0.3 is 0 Å². The normalized spacial score (nSPS) is 18.9. The molecule has 2 unspecified atom stereocenters. The van der Waals surface area contributed by atoms with Crippen LogP contribution in [0.2, 0.25) is 0 Å². The predicted molar refractivity (Wildman–Crippen MR) is 146 cm³/mol. The molecule has 6 aromatic rings. The van der Waals surface area contributed by atoms with E-state index >= 15 is 0 Å². The Morgan fingerprint density at radius 2 is 0.917 bits per heavy atom. The number of benzene rings is 6. The first-order valence-corrected chi connectivity index (χ1v) is 12.9. The first-order chi connectivity index (χ1) is 17.7. The van der Waals surface area contributed by atoms with E-state index in [1.54, 1.807) is 0 Å². The van der Waals surface area contributed by atoms with Gasteiger partial charge in [0.2, 0.25) is 0 Å². The molecule has 6 aromatic carbocycles. The van der Waals surface area contributed by atoms with Crippen molar-refractivity contribution >= 4 is 38.1 Å². The summed E-state index contributed by atoms with van der Waals surface area (Å²) < 4.78 is 0. The third-order valence-corrected chi connectivity index (χ3v) is 8.99. The van der Waals surface area contributed by atoms with Crippen molar-refractivity contribution in [3.8, 4) is 0 Å². The minimum Gasteiger partial charge on any atom is -0.298 e. The lowest BCUT2D eigenvalue weighted by Gasteiger charge is -2.40. The molecule has 9 rings (SSSR count). The summed E-state index contributed by atoms with van der Waals surface area (Å²) in [6, 6.07) is 35.4. The molecule has 0 aromatic heterocycles. The Morgan fingerprint density at radius 3 is 1.39 bits per heavy atom. The fraction of sp³-hybridized carbons (Fsp3) is 0.114. The predicted octanol–water partition coefficient (Wildman–Crippen LogP) is 7.80. The number of ketones is 1. The van der Waals surface area contributed by atoms with E-state index in [2.05, 4.69) is 97.1 Å². The molecule has 0 heterocycles. The van der Waals surface area contributed by atoms with Gasteiger partial charge in [0.25, 0.3) is 0 Å². The molecule has 2 atom stereocenters. The van der Waals surface area contributed by atoms with Crippen molar-refractivity contribution in [1.29, 1.82) is 0 Å². The zero-order valence-corrected chi connectivity index (χ0v) is 19.7. The average Bonchev–Trinajstić information content (AvgIpc) is 2.91. The van der Waals surface area contributed by atoms with Gasteiger partial charge in [-0.1, -0.05) is 84.9 Å². The minimum absolute atomic E-state index is 0.206. The summed E-state index contributed by atoms with van der Waals surface area (Å²) in [7, 11) is 0. The lowest BCUT2D eigenvalue weighted by molar-refractivity contribution is -0.120. The summed E-state index contributed by atoms with van der Waals surface area (Å²) in [4.78, 5) is 14.8. The molecule has 0 saturated carbocycles. The van der Waals surface area contributed by atoms with Crippen LogP contribution in [0.4, 0.5) is 0 Å². The van der Waals surface area contributed by atoms with Gasteiger partial charge in [0.1, 0.15) is 0 Å². The van der Waals surface area contributed by atoms with Crippen molar-refractivity contribution in [1.82, 2.24) is 0 Å². The molecule has 0 N–H and O–H groups in total. The SMILES string of the molecule is O=C1C2c3cc4ccccc4cc3Cc3ccc4ccc5c(c4c32)C1c1cc2ccccc2cc1C5. The summed E-state index contributed by atoms with van der Waals surface area (Å²) in [5.74, 6) is -0.0689. The van der Waals surface area contributed by atoms with Crippen molar-refractivity contribution in [2.45, 2.75) is 24.7 Å². The van der Waals surface area contributed by atoms with Crippen LogP contribution in [0.25, 0.3) is 32.3 Å². The zero-order valence-electron chi connectivity index (χ0n) is 19.7. The van der Waals surface area contributed by atoms with E-state index in [4.69, 9.17) is 0 Å². The molecule has 168 valence electrons. The largest absolute Gasteiger partial charge is 0.298 e. The van der Waals surface area contributed by atoms with E-state index in [-0.39, 0.29) is 11.8 Å². The molecule has 1 nitrogen and oxygen atoms in total. The molecule has 3 aliphatic rings. The summed E-state index contributed by atoms with van der Waals surface area (Å²) in [6.07, 6.45) is 1.79. The van der Waals surface area contributed by atoms with Crippen molar-refractivity contribution < 1.29 is 4.79 Å². The van der Waals surface area contributed by atoms with Gasteiger partial charge in [-0.15, -0.1) is 0 Å². The molecule has 0 spiro atoms. The average molecular weight is 459 g/mol. The minimum atomic E-state index is -0.206. The van der Waals surface area contributed by atoms with Gasteiger partial charge in [0.05, 0.1) is 11.8 Å². The molecule has 0 radical (unpaired) electrons. The number of rotatable bonds is 0. The van der Waals surface area contributed by atoms with Gasteiger partial charge in [-0.25, -0.2) is 0 Å². The van der Waals surface area contributed by atoms with E-state index in [9.17, 15) is 4.79 Å². The lowest BCUT2D eigenvalue weighted by atomic mass is 9.61. The van der Waals surface area contributed by atoms with Crippen LogP contribution in [0.1, 0.15) is 56.3 Å². The summed E-state index contributed by atoms with van der Waals surface area (Å²) in [5, 5.41) is 7.55. The second kappa shape index (κ2) is 6.50. The maximum Gasteiger partial charge on any atom is 0.156 e. The van der Waals surface area contributed by atoms with E-state index in [1.807, 2.05) is 0 Å². The monoisotopic (exact) mass is 458 g/mol. The number of carbonyl (C=O) groups is 1. The van der Waals surface area contributed by atoms with Gasteiger partial charge in [-0.3, -0.25) is 4.79 Å². The van der Waals surface area contributed by atoms with Crippen molar-refractivity contribution in [2.24, 2.45) is 0 Å². The van der Waals surface area contributed by atoms with Crippen LogP contribution in [0.3, 0.4) is 0 Å². The number of Topliss-reactive ketones (excluding diaryl/α,β-unsaturated/α-hetero) is 1. The molecule has 1 heteroatoms. The second-order valence-corrected chi connectivity index (χ2v) is 10.8. The molecular formula is C35H22O. The van der Waals surface area contributed by atoms with Gasteiger partial charge < -0.3 is 0 Å². The maximum absolute atomic E-state index is 14.8. The number of hydrogen-bond acceptors (Lipinski definition) is 1. The highest BCUT2D eigenvalue weighted by atomic mass is 16.1. The highest BCUT2D eigenvalue weighted by Gasteiger charge is 2.45. The van der Waals surface area contributed by atoms with Crippen molar-refractivity contribution in [2.75, 3.05) is 0 Å². The first-order valence-electron chi connectivity index (χ1n) is 12.9. The zero-order chi connectivity index (χ0) is 23.5. The van der Waals surface area contributed by atoms with E-state index in [0.717, 1.165) is 12.8 Å². The summed E-state index contributed by atoms with van der Waals surface area (Å²) in [5.41, 5.74) is 10.2. The Kier molecular flexibility index (Phi) is 3.43. The topological polar surface area (TPSA) is 17.1 Å². The molecule has 3 aliphatic carbocycles. The van der Waals surface area contributed by atoms with Gasteiger partial charge in [0.15, 0.2) is 5.78 Å². The number of fused-ring (bicyclic) bond motifs is 6. The number of hydrogen-bond donors (Lipinski definition) is 0. The fourth-order valence-corrected chi connectivity index (χ4v) is 7.46. The van der Waals surface area contributed by atoms with Crippen LogP contribution in [0.5, 0.6) is 0 Å². The Hall–Kier alpha value is -4.23. The molecule has 36 heavy (non-hydrogen) atoms. The smallest absolute Gasteiger partial charge is 0.156 e. The molecule has 0 amide bonds. The summed E-state index contributed by atoms with van der Waals surface area (Å²) >= 11 is 0. The third kappa shape index (κ3) is 2.29. The Bertz CT molecular complexity index is 1840. The maximum atomic E-state index is 14.8. The van der Waals surface area contributed by atoms with Crippen molar-refractivity contribution in [3.63, 3.8) is 0 Å². The van der Waals surface area contributed by atoms with Crippen LogP contribution >= 0.6 is 0 Å². The Balaban J connectivity index is 1.40. The van der Waals surface area contributed by atoms with E-state index in [0.29, 0.717) is 5.78 Å². The van der Waals surface area contributed by atoms with E-state index < -0.39 is 0 Å². The quantitative estimate of drug-likeness (QED) is 0.227. The van der Waals surface area contributed by atoms with E-state index in [1.165, 1.54) is 76.8 Å². The van der Waals surface area contributed by atoms with Crippen LogP contribution < -0.4 is 0 Å².